The van der Waals surface area contributed by atoms with Crippen molar-refractivity contribution in [2.45, 2.75) is 9.79 Å². The molecule has 0 aliphatic heterocycles. The molecule has 0 bridgehead atoms. The molecule has 0 atom stereocenters. The zero-order valence-corrected chi connectivity index (χ0v) is 12.0. The Morgan fingerprint density at radius 2 is 1.76 bits per heavy atom. The second-order valence-corrected chi connectivity index (χ2v) is 5.08. The first-order valence-electron chi connectivity index (χ1n) is 5.99. The zero-order valence-electron chi connectivity index (χ0n) is 11.2. The van der Waals surface area contributed by atoms with E-state index in [0.29, 0.717) is 26.5 Å². The summed E-state index contributed by atoms with van der Waals surface area (Å²) >= 11 is 1.26. The van der Waals surface area contributed by atoms with E-state index in [0.717, 1.165) is 0 Å². The molecule has 0 saturated carbocycles. The van der Waals surface area contributed by atoms with Gasteiger partial charge in [-0.05, 0) is 24.3 Å². The molecule has 0 saturated heterocycles. The highest BCUT2D eigenvalue weighted by molar-refractivity contribution is 7.99. The normalized spacial score (nSPS) is 9.48. The molecule has 2 rings (SSSR count). The first-order chi connectivity index (χ1) is 10.2. The predicted molar refractivity (Wildman–Crippen MR) is 77.8 cm³/mol. The number of nitriles is 2. The fourth-order valence-corrected chi connectivity index (χ4v) is 2.83. The number of carbonyl (C=O) groups excluding carboxylic acids is 1. The van der Waals surface area contributed by atoms with Crippen molar-refractivity contribution in [1.29, 1.82) is 10.5 Å². The number of rotatable bonds is 3. The second-order valence-electron chi connectivity index (χ2n) is 3.99. The van der Waals surface area contributed by atoms with Crippen LogP contribution in [0, 0.1) is 22.7 Å². The summed E-state index contributed by atoms with van der Waals surface area (Å²) in [6, 6.07) is 16.1. The monoisotopic (exact) mass is 294 g/mol. The Bertz CT molecular complexity index is 773. The van der Waals surface area contributed by atoms with Gasteiger partial charge in [0.15, 0.2) is 0 Å². The third-order valence-electron chi connectivity index (χ3n) is 2.77. The summed E-state index contributed by atoms with van der Waals surface area (Å²) in [7, 11) is 1.32. The van der Waals surface area contributed by atoms with Crippen LogP contribution in [0.1, 0.15) is 21.5 Å². The summed E-state index contributed by atoms with van der Waals surface area (Å²) in [5.41, 5.74) is 1.05. The van der Waals surface area contributed by atoms with Crippen LogP contribution in [-0.2, 0) is 4.74 Å². The average molecular weight is 294 g/mol. The molecule has 0 N–H and O–H groups in total. The molecule has 4 nitrogen and oxygen atoms in total. The highest BCUT2D eigenvalue weighted by Gasteiger charge is 2.15. The van der Waals surface area contributed by atoms with Crippen LogP contribution in [0.3, 0.4) is 0 Å². The number of methoxy groups -OCH3 is 1. The molecule has 2 aromatic rings. The summed E-state index contributed by atoms with van der Waals surface area (Å²) in [5, 5.41) is 18.3. The van der Waals surface area contributed by atoms with Crippen molar-refractivity contribution in [3.05, 3.63) is 59.2 Å². The topological polar surface area (TPSA) is 73.9 Å². The highest BCUT2D eigenvalue weighted by atomic mass is 32.2. The molecular formula is C16H10N2O2S. The van der Waals surface area contributed by atoms with Gasteiger partial charge in [0, 0.05) is 9.79 Å². The fraction of sp³-hybridized carbons (Fsp3) is 0.0625. The number of ether oxygens (including phenoxy) is 1. The van der Waals surface area contributed by atoms with Crippen molar-refractivity contribution >= 4 is 17.7 Å². The van der Waals surface area contributed by atoms with E-state index in [1.54, 1.807) is 42.5 Å². The predicted octanol–water partition coefficient (Wildman–Crippen LogP) is 3.37. The minimum Gasteiger partial charge on any atom is -0.465 e. The standard InChI is InChI=1S/C16H10N2O2S/c1-20-16(19)12-6-2-3-7-14(12)21-15-8-4-5-11(9-17)13(15)10-18/h2-8H,1H3. The third kappa shape index (κ3) is 3.05. The number of hydrogen-bond acceptors (Lipinski definition) is 5. The smallest absolute Gasteiger partial charge is 0.339 e. The Morgan fingerprint density at radius 1 is 1.05 bits per heavy atom. The lowest BCUT2D eigenvalue weighted by atomic mass is 10.1. The molecule has 2 aromatic carbocycles. The van der Waals surface area contributed by atoms with Crippen LogP contribution in [0.4, 0.5) is 0 Å². The average Bonchev–Trinajstić information content (AvgIpc) is 2.54. The van der Waals surface area contributed by atoms with Crippen molar-refractivity contribution in [2.75, 3.05) is 7.11 Å². The van der Waals surface area contributed by atoms with E-state index in [1.807, 2.05) is 12.1 Å². The van der Waals surface area contributed by atoms with E-state index >= 15 is 0 Å². The number of carbonyl (C=O) groups is 1. The van der Waals surface area contributed by atoms with Gasteiger partial charge in [0.05, 0.1) is 23.8 Å². The molecule has 0 aliphatic carbocycles. The first kappa shape index (κ1) is 14.6. The Labute approximate surface area is 126 Å². The van der Waals surface area contributed by atoms with Crippen molar-refractivity contribution in [3.8, 4) is 12.1 Å². The summed E-state index contributed by atoms with van der Waals surface area (Å²) in [5.74, 6) is -0.437. The molecular weight excluding hydrogens is 284 g/mol. The Morgan fingerprint density at radius 3 is 2.43 bits per heavy atom. The molecule has 0 aliphatic rings. The van der Waals surface area contributed by atoms with Crippen molar-refractivity contribution in [3.63, 3.8) is 0 Å². The minimum absolute atomic E-state index is 0.310. The minimum atomic E-state index is -0.437. The number of benzene rings is 2. The molecule has 102 valence electrons. The molecule has 5 heteroatoms. The maximum absolute atomic E-state index is 11.7. The van der Waals surface area contributed by atoms with Crippen LogP contribution >= 0.6 is 11.8 Å². The number of nitrogens with zero attached hydrogens (tertiary/aromatic N) is 2. The Balaban J connectivity index is 2.48. The highest BCUT2D eigenvalue weighted by Crippen LogP contribution is 2.33. The SMILES string of the molecule is COC(=O)c1ccccc1Sc1cccc(C#N)c1C#N. The fourth-order valence-electron chi connectivity index (χ4n) is 1.78. The lowest BCUT2D eigenvalue weighted by Gasteiger charge is -2.09. The maximum Gasteiger partial charge on any atom is 0.339 e. The van der Waals surface area contributed by atoms with Gasteiger partial charge >= 0.3 is 5.97 Å². The van der Waals surface area contributed by atoms with E-state index in [1.165, 1.54) is 18.9 Å². The van der Waals surface area contributed by atoms with Gasteiger partial charge in [-0.25, -0.2) is 4.79 Å². The Kier molecular flexibility index (Phi) is 4.61. The molecule has 0 spiro atoms. The van der Waals surface area contributed by atoms with Crippen LogP contribution in [0.5, 0.6) is 0 Å². The van der Waals surface area contributed by atoms with E-state index < -0.39 is 5.97 Å². The summed E-state index contributed by atoms with van der Waals surface area (Å²) < 4.78 is 4.75. The second kappa shape index (κ2) is 6.60. The van der Waals surface area contributed by atoms with Crippen molar-refractivity contribution in [2.24, 2.45) is 0 Å². The molecule has 0 fully saturated rings. The van der Waals surface area contributed by atoms with E-state index in [-0.39, 0.29) is 0 Å². The van der Waals surface area contributed by atoms with Gasteiger partial charge in [0.2, 0.25) is 0 Å². The lowest BCUT2D eigenvalue weighted by molar-refractivity contribution is 0.0597. The summed E-state index contributed by atoms with van der Waals surface area (Å²) in [6.07, 6.45) is 0. The maximum atomic E-state index is 11.7. The largest absolute Gasteiger partial charge is 0.465 e. The van der Waals surface area contributed by atoms with Gasteiger partial charge in [-0.1, -0.05) is 30.0 Å². The molecule has 0 radical (unpaired) electrons. The molecule has 0 unspecified atom stereocenters. The lowest BCUT2D eigenvalue weighted by Crippen LogP contribution is -2.02. The van der Waals surface area contributed by atoms with Crippen LogP contribution in [0.25, 0.3) is 0 Å². The molecule has 0 amide bonds. The van der Waals surface area contributed by atoms with Crippen LogP contribution in [0.15, 0.2) is 52.3 Å². The Hall–Kier alpha value is -2.76. The number of hydrogen-bond donors (Lipinski definition) is 0. The van der Waals surface area contributed by atoms with Crippen LogP contribution in [-0.4, -0.2) is 13.1 Å². The van der Waals surface area contributed by atoms with Gasteiger partial charge in [0.1, 0.15) is 12.1 Å². The van der Waals surface area contributed by atoms with Gasteiger partial charge in [-0.2, -0.15) is 10.5 Å². The molecule has 0 heterocycles. The van der Waals surface area contributed by atoms with E-state index in [2.05, 4.69) is 0 Å². The quantitative estimate of drug-likeness (QED) is 0.811. The van der Waals surface area contributed by atoms with Gasteiger partial charge in [-0.15, -0.1) is 0 Å². The van der Waals surface area contributed by atoms with Crippen LogP contribution < -0.4 is 0 Å². The summed E-state index contributed by atoms with van der Waals surface area (Å²) in [6.45, 7) is 0. The van der Waals surface area contributed by atoms with Gasteiger partial charge in [-0.3, -0.25) is 0 Å². The van der Waals surface area contributed by atoms with E-state index in [9.17, 15) is 10.1 Å². The van der Waals surface area contributed by atoms with Crippen LogP contribution in [0.2, 0.25) is 0 Å². The summed E-state index contributed by atoms with van der Waals surface area (Å²) in [4.78, 5) is 13.1. The van der Waals surface area contributed by atoms with E-state index in [4.69, 9.17) is 10.00 Å². The van der Waals surface area contributed by atoms with Crippen molar-refractivity contribution < 1.29 is 9.53 Å². The molecule has 0 aromatic heterocycles. The van der Waals surface area contributed by atoms with Gasteiger partial charge in [0.25, 0.3) is 0 Å². The number of esters is 1. The zero-order chi connectivity index (χ0) is 15.2. The third-order valence-corrected chi connectivity index (χ3v) is 3.91. The van der Waals surface area contributed by atoms with Gasteiger partial charge < -0.3 is 4.74 Å². The first-order valence-corrected chi connectivity index (χ1v) is 6.81. The van der Waals surface area contributed by atoms with Crippen molar-refractivity contribution in [1.82, 2.24) is 0 Å². The molecule has 21 heavy (non-hydrogen) atoms.